The number of hydrogen-bond donors (Lipinski definition) is 1. The first-order valence-corrected chi connectivity index (χ1v) is 8.45. The van der Waals surface area contributed by atoms with Gasteiger partial charge in [0, 0.05) is 26.5 Å². The van der Waals surface area contributed by atoms with Crippen molar-refractivity contribution in [3.05, 3.63) is 35.6 Å². The van der Waals surface area contributed by atoms with Crippen LogP contribution in [0.1, 0.15) is 38.6 Å². The second-order valence-corrected chi connectivity index (χ2v) is 6.66. The Hall–Kier alpha value is -2.11. The van der Waals surface area contributed by atoms with Crippen LogP contribution in [0, 0.1) is 11.7 Å². The molecule has 1 aromatic carbocycles. The molecule has 0 aromatic heterocycles. The Labute approximate surface area is 142 Å². The Bertz CT molecular complexity index is 614. The molecule has 5 nitrogen and oxygen atoms in total. The first-order valence-electron chi connectivity index (χ1n) is 8.45. The number of rotatable bonds is 3. The van der Waals surface area contributed by atoms with Gasteiger partial charge in [-0.2, -0.15) is 0 Å². The summed E-state index contributed by atoms with van der Waals surface area (Å²) in [4.78, 5) is 25.5. The number of likely N-dealkylation sites (tertiary alicyclic amines) is 1. The van der Waals surface area contributed by atoms with Crippen molar-refractivity contribution in [3.63, 3.8) is 0 Å². The van der Waals surface area contributed by atoms with Gasteiger partial charge in [-0.15, -0.1) is 0 Å². The average molecular weight is 336 g/mol. The third-order valence-electron chi connectivity index (χ3n) is 5.12. The predicted octanol–water partition coefficient (Wildman–Crippen LogP) is 2.91. The summed E-state index contributed by atoms with van der Waals surface area (Å²) in [6.07, 6.45) is 2.65. The average Bonchev–Trinajstić information content (AvgIpc) is 2.57. The number of benzene rings is 1. The maximum Gasteiger partial charge on any atom is 0.407 e. The summed E-state index contributed by atoms with van der Waals surface area (Å²) in [6, 6.07) is 6.79. The van der Waals surface area contributed by atoms with Gasteiger partial charge in [0.05, 0.1) is 7.11 Å². The highest BCUT2D eigenvalue weighted by atomic mass is 19.1. The highest BCUT2D eigenvalue weighted by Crippen LogP contribution is 2.33. The van der Waals surface area contributed by atoms with Crippen molar-refractivity contribution in [2.24, 2.45) is 5.92 Å². The summed E-state index contributed by atoms with van der Waals surface area (Å²) >= 11 is 0. The number of nitrogens with zero attached hydrogens (tertiary/aromatic N) is 1. The zero-order valence-electron chi connectivity index (χ0n) is 13.8. The Balaban J connectivity index is 0.00000225. The van der Waals surface area contributed by atoms with Crippen molar-refractivity contribution in [3.8, 4) is 0 Å². The van der Waals surface area contributed by atoms with E-state index in [0.717, 1.165) is 18.4 Å². The molecule has 6 heteroatoms. The fraction of sp³-hybridized carbons (Fsp3) is 0.556. The lowest BCUT2D eigenvalue weighted by Gasteiger charge is -2.40. The van der Waals surface area contributed by atoms with Gasteiger partial charge in [0.1, 0.15) is 5.82 Å². The molecule has 1 N–H and O–H groups in total. The molecule has 1 aliphatic heterocycles. The highest BCUT2D eigenvalue weighted by Gasteiger charge is 2.38. The van der Waals surface area contributed by atoms with Crippen molar-refractivity contribution < 1.29 is 20.1 Å². The summed E-state index contributed by atoms with van der Waals surface area (Å²) < 4.78 is 17.9. The van der Waals surface area contributed by atoms with Gasteiger partial charge in [0.2, 0.25) is 5.91 Å². The van der Waals surface area contributed by atoms with Gasteiger partial charge >= 0.3 is 6.09 Å². The van der Waals surface area contributed by atoms with Gasteiger partial charge in [0.25, 0.3) is 0 Å². The lowest BCUT2D eigenvalue weighted by Crippen LogP contribution is -2.51. The zero-order valence-corrected chi connectivity index (χ0v) is 13.8. The zero-order chi connectivity index (χ0) is 17.1. The molecule has 2 fully saturated rings. The fourth-order valence-electron chi connectivity index (χ4n) is 3.61. The van der Waals surface area contributed by atoms with Crippen LogP contribution in [-0.4, -0.2) is 43.1 Å². The normalized spacial score (nSPS) is 24.2. The summed E-state index contributed by atoms with van der Waals surface area (Å²) in [6.45, 7) is 1.43. The third kappa shape index (κ3) is 3.68. The van der Waals surface area contributed by atoms with Gasteiger partial charge < -0.3 is 15.0 Å². The molecule has 0 radical (unpaired) electrons. The number of carbonyl (C=O) groups excluding carboxylic acids is 2. The van der Waals surface area contributed by atoms with Crippen LogP contribution in [0.25, 0.3) is 0 Å². The summed E-state index contributed by atoms with van der Waals surface area (Å²) in [5, 5.41) is 2.72. The number of alkyl carbamates (subject to hydrolysis) is 1. The van der Waals surface area contributed by atoms with Crippen LogP contribution >= 0.6 is 0 Å². The summed E-state index contributed by atoms with van der Waals surface area (Å²) in [5.74, 6) is 0.290. The lowest BCUT2D eigenvalue weighted by atomic mass is 9.78. The quantitative estimate of drug-likeness (QED) is 0.923. The monoisotopic (exact) mass is 336 g/mol. The standard InChI is InChI=1S/C18H23FN2O3.H2/c1-24-18(23)20-16-10-14(11-16)17(22)21-7-5-12(6-8-21)13-3-2-4-15(19)9-13;/h2-4,9,12,14,16H,5-8,10-11H2,1H3,(H,20,23);1H. The number of hydrogen-bond acceptors (Lipinski definition) is 3. The molecule has 24 heavy (non-hydrogen) atoms. The van der Waals surface area contributed by atoms with Gasteiger partial charge in [-0.3, -0.25) is 4.79 Å². The van der Waals surface area contributed by atoms with Crippen molar-refractivity contribution >= 4 is 12.0 Å². The molecule has 132 valence electrons. The van der Waals surface area contributed by atoms with Crippen molar-refractivity contribution in [1.29, 1.82) is 0 Å². The van der Waals surface area contributed by atoms with Crippen LogP contribution in [0.15, 0.2) is 24.3 Å². The van der Waals surface area contributed by atoms with Gasteiger partial charge in [-0.1, -0.05) is 12.1 Å². The first-order chi connectivity index (χ1) is 11.6. The highest BCUT2D eigenvalue weighted by molar-refractivity contribution is 5.80. The van der Waals surface area contributed by atoms with Crippen LogP contribution in [0.3, 0.4) is 0 Å². The van der Waals surface area contributed by atoms with Crippen LogP contribution in [0.4, 0.5) is 9.18 Å². The van der Waals surface area contributed by atoms with Crippen LogP contribution in [-0.2, 0) is 9.53 Å². The molecular formula is C18H25FN2O3. The maximum atomic E-state index is 13.3. The Morgan fingerprint density at radius 1 is 1.29 bits per heavy atom. The lowest BCUT2D eigenvalue weighted by molar-refractivity contribution is -0.140. The van der Waals surface area contributed by atoms with E-state index in [2.05, 4.69) is 10.1 Å². The Morgan fingerprint density at radius 2 is 2.00 bits per heavy atom. The molecule has 1 heterocycles. The number of amides is 2. The molecular weight excluding hydrogens is 311 g/mol. The number of nitrogens with one attached hydrogen (secondary N) is 1. The van der Waals surface area contributed by atoms with Gasteiger partial charge in [-0.25, -0.2) is 9.18 Å². The second kappa shape index (κ2) is 7.20. The van der Waals surface area contributed by atoms with Gasteiger partial charge in [0.15, 0.2) is 0 Å². The first kappa shape index (κ1) is 16.7. The molecule has 1 aromatic rings. The van der Waals surface area contributed by atoms with Crippen LogP contribution in [0.2, 0.25) is 0 Å². The molecule has 2 aliphatic rings. The molecule has 2 amide bonds. The molecule has 1 saturated heterocycles. The molecule has 1 saturated carbocycles. The van der Waals surface area contributed by atoms with Gasteiger partial charge in [-0.05, 0) is 49.3 Å². The Kier molecular flexibility index (Phi) is 5.02. The van der Waals surface area contributed by atoms with E-state index in [-0.39, 0.29) is 25.1 Å². The molecule has 0 spiro atoms. The summed E-state index contributed by atoms with van der Waals surface area (Å²) in [7, 11) is 1.33. The smallest absolute Gasteiger partial charge is 0.407 e. The topological polar surface area (TPSA) is 58.6 Å². The number of methoxy groups -OCH3 is 1. The molecule has 3 rings (SSSR count). The number of piperidine rings is 1. The van der Waals surface area contributed by atoms with E-state index in [9.17, 15) is 14.0 Å². The van der Waals surface area contributed by atoms with E-state index in [1.54, 1.807) is 12.1 Å². The minimum atomic E-state index is -0.443. The van der Waals surface area contributed by atoms with E-state index in [1.165, 1.54) is 13.2 Å². The minimum Gasteiger partial charge on any atom is -0.453 e. The largest absolute Gasteiger partial charge is 0.453 e. The number of carbonyl (C=O) groups is 2. The van der Waals surface area contributed by atoms with Crippen molar-refractivity contribution in [2.75, 3.05) is 20.2 Å². The molecule has 1 aliphatic carbocycles. The number of ether oxygens (including phenoxy) is 1. The van der Waals surface area contributed by atoms with Crippen molar-refractivity contribution in [1.82, 2.24) is 10.2 Å². The molecule has 0 atom stereocenters. The summed E-state index contributed by atoms with van der Waals surface area (Å²) in [5.41, 5.74) is 1.02. The SMILES string of the molecule is COC(=O)NC1CC(C(=O)N2CCC(c3cccc(F)c3)CC2)C1.[HH]. The van der Waals surface area contributed by atoms with E-state index in [4.69, 9.17) is 0 Å². The van der Waals surface area contributed by atoms with E-state index in [0.29, 0.717) is 31.8 Å². The van der Waals surface area contributed by atoms with Crippen LogP contribution < -0.4 is 5.32 Å². The minimum absolute atomic E-state index is 0. The Morgan fingerprint density at radius 3 is 2.62 bits per heavy atom. The van der Waals surface area contributed by atoms with E-state index in [1.807, 2.05) is 11.0 Å². The second-order valence-electron chi connectivity index (χ2n) is 6.66. The van der Waals surface area contributed by atoms with Crippen LogP contribution in [0.5, 0.6) is 0 Å². The predicted molar refractivity (Wildman–Crippen MR) is 89.1 cm³/mol. The third-order valence-corrected chi connectivity index (χ3v) is 5.12. The number of halogens is 1. The van der Waals surface area contributed by atoms with E-state index >= 15 is 0 Å². The van der Waals surface area contributed by atoms with E-state index < -0.39 is 6.09 Å². The maximum absolute atomic E-state index is 13.3. The van der Waals surface area contributed by atoms with Crippen molar-refractivity contribution in [2.45, 2.75) is 37.6 Å². The fourth-order valence-corrected chi connectivity index (χ4v) is 3.61. The molecule has 0 bridgehead atoms. The molecule has 0 unspecified atom stereocenters.